The molecule has 2 atom stereocenters. The van der Waals surface area contributed by atoms with Crippen molar-refractivity contribution in [3.05, 3.63) is 102 Å². The van der Waals surface area contributed by atoms with Crippen molar-refractivity contribution in [2.24, 2.45) is 0 Å². The van der Waals surface area contributed by atoms with Crippen molar-refractivity contribution in [2.75, 3.05) is 20.3 Å². The van der Waals surface area contributed by atoms with Gasteiger partial charge in [0, 0.05) is 37.8 Å². The molecular weight excluding hydrogens is 482 g/mol. The van der Waals surface area contributed by atoms with Crippen LogP contribution < -0.4 is 10.1 Å². The lowest BCUT2D eigenvalue weighted by Gasteiger charge is -2.29. The van der Waals surface area contributed by atoms with Crippen LogP contribution >= 0.6 is 0 Å². The van der Waals surface area contributed by atoms with E-state index < -0.39 is 11.6 Å². The normalized spacial score (nSPS) is 13.5. The van der Waals surface area contributed by atoms with Gasteiger partial charge in [0.1, 0.15) is 11.4 Å². The number of nitrogens with one attached hydrogen (secondary N) is 1. The Hall–Kier alpha value is -4.01. The van der Waals surface area contributed by atoms with E-state index in [1.807, 2.05) is 73.7 Å². The highest BCUT2D eigenvalue weighted by Crippen LogP contribution is 2.23. The van der Waals surface area contributed by atoms with Crippen LogP contribution in [0, 0.1) is 6.92 Å². The van der Waals surface area contributed by atoms with Gasteiger partial charge in [-0.05, 0) is 37.1 Å². The number of methoxy groups -OCH3 is 1. The van der Waals surface area contributed by atoms with E-state index in [1.54, 1.807) is 19.2 Å². The number of aliphatic hydroxyl groups is 1. The number of hydrogen-bond donors (Lipinski definition) is 2. The van der Waals surface area contributed by atoms with Crippen molar-refractivity contribution in [1.82, 2.24) is 15.3 Å². The summed E-state index contributed by atoms with van der Waals surface area (Å²) < 4.78 is 17.2. The van der Waals surface area contributed by atoms with E-state index in [9.17, 15) is 9.90 Å². The minimum absolute atomic E-state index is 0.218. The van der Waals surface area contributed by atoms with Gasteiger partial charge < -0.3 is 24.3 Å². The van der Waals surface area contributed by atoms with Crippen LogP contribution in [0.25, 0.3) is 11.5 Å². The lowest BCUT2D eigenvalue weighted by atomic mass is 9.95. The van der Waals surface area contributed by atoms with Crippen molar-refractivity contribution in [3.63, 3.8) is 0 Å². The number of amides is 1. The molecule has 8 heteroatoms. The summed E-state index contributed by atoms with van der Waals surface area (Å²) in [5.41, 5.74) is 2.27. The van der Waals surface area contributed by atoms with Crippen LogP contribution in [0.2, 0.25) is 0 Å². The Kier molecular flexibility index (Phi) is 8.89. The van der Waals surface area contributed by atoms with Gasteiger partial charge in [0.05, 0.1) is 24.9 Å². The lowest BCUT2D eigenvalue weighted by molar-refractivity contribution is -0.142. The number of aryl methyl sites for hydroxylation is 1. The minimum Gasteiger partial charge on any atom is -0.477 e. The van der Waals surface area contributed by atoms with Gasteiger partial charge in [-0.15, -0.1) is 0 Å². The average Bonchev–Trinajstić information content (AvgIpc) is 3.33. The Morgan fingerprint density at radius 3 is 2.42 bits per heavy atom. The molecule has 0 unspecified atom stereocenters. The third kappa shape index (κ3) is 6.65. The second-order valence-corrected chi connectivity index (χ2v) is 9.22. The molecular formula is C30H33N3O5. The second kappa shape index (κ2) is 12.5. The number of oxazole rings is 1. The Morgan fingerprint density at radius 1 is 1.08 bits per heavy atom. The van der Waals surface area contributed by atoms with E-state index >= 15 is 0 Å². The molecule has 0 spiro atoms. The maximum absolute atomic E-state index is 13.1. The Labute approximate surface area is 222 Å². The van der Waals surface area contributed by atoms with Crippen molar-refractivity contribution in [2.45, 2.75) is 38.3 Å². The van der Waals surface area contributed by atoms with Crippen molar-refractivity contribution in [1.29, 1.82) is 0 Å². The predicted molar refractivity (Wildman–Crippen MR) is 144 cm³/mol. The maximum Gasteiger partial charge on any atom is 0.252 e. The van der Waals surface area contributed by atoms with Crippen LogP contribution in [0.3, 0.4) is 0 Å². The number of nitrogens with zero attached hydrogens (tertiary/aromatic N) is 2. The smallest absolute Gasteiger partial charge is 0.252 e. The number of aliphatic hydroxyl groups excluding tert-OH is 1. The molecule has 4 aromatic rings. The molecule has 0 aliphatic heterocycles. The summed E-state index contributed by atoms with van der Waals surface area (Å²) >= 11 is 0. The molecule has 0 aliphatic carbocycles. The molecule has 8 nitrogen and oxygen atoms in total. The van der Waals surface area contributed by atoms with Crippen LogP contribution in [0.4, 0.5) is 0 Å². The largest absolute Gasteiger partial charge is 0.477 e. The highest BCUT2D eigenvalue weighted by atomic mass is 16.5. The molecule has 2 aromatic carbocycles. The maximum atomic E-state index is 13.1. The van der Waals surface area contributed by atoms with Gasteiger partial charge in [0.2, 0.25) is 11.8 Å². The fourth-order valence-corrected chi connectivity index (χ4v) is 4.08. The van der Waals surface area contributed by atoms with Gasteiger partial charge in [-0.1, -0.05) is 54.6 Å². The molecule has 198 valence electrons. The molecule has 0 fully saturated rings. The number of benzene rings is 2. The molecule has 0 aliphatic rings. The summed E-state index contributed by atoms with van der Waals surface area (Å²) in [6, 6.07) is 22.2. The first-order valence-electron chi connectivity index (χ1n) is 12.5. The van der Waals surface area contributed by atoms with Crippen LogP contribution in [-0.2, 0) is 22.4 Å². The van der Waals surface area contributed by atoms with Crippen LogP contribution in [0.15, 0.2) is 83.4 Å². The zero-order valence-electron chi connectivity index (χ0n) is 21.9. The quantitative estimate of drug-likeness (QED) is 0.287. The molecule has 0 saturated heterocycles. The summed E-state index contributed by atoms with van der Waals surface area (Å²) in [5.74, 6) is 1.52. The number of pyridine rings is 1. The monoisotopic (exact) mass is 515 g/mol. The number of hydrogen-bond acceptors (Lipinski definition) is 7. The summed E-state index contributed by atoms with van der Waals surface area (Å²) in [4.78, 5) is 22.1. The molecule has 2 N–H and O–H groups in total. The first kappa shape index (κ1) is 27.0. The van der Waals surface area contributed by atoms with E-state index in [-0.39, 0.29) is 12.5 Å². The Bertz CT molecular complexity index is 1310. The Balaban J connectivity index is 1.32. The molecule has 2 aromatic heterocycles. The lowest BCUT2D eigenvalue weighted by Crippen LogP contribution is -2.49. The average molecular weight is 516 g/mol. The van der Waals surface area contributed by atoms with Crippen molar-refractivity contribution < 1.29 is 23.8 Å². The Morgan fingerprint density at radius 2 is 1.79 bits per heavy atom. The number of rotatable bonds is 12. The van der Waals surface area contributed by atoms with E-state index in [0.29, 0.717) is 31.2 Å². The summed E-state index contributed by atoms with van der Waals surface area (Å²) in [6.45, 7) is 3.79. The first-order valence-corrected chi connectivity index (χ1v) is 12.5. The molecule has 2 heterocycles. The van der Waals surface area contributed by atoms with Crippen LogP contribution in [0.5, 0.6) is 5.88 Å². The van der Waals surface area contributed by atoms with E-state index in [0.717, 1.165) is 28.1 Å². The van der Waals surface area contributed by atoms with Gasteiger partial charge in [0.15, 0.2) is 0 Å². The highest BCUT2D eigenvalue weighted by molar-refractivity contribution is 5.85. The number of carbonyl (C=O) groups is 1. The molecule has 4 rings (SSSR count). The zero-order valence-corrected chi connectivity index (χ0v) is 21.9. The third-order valence-corrected chi connectivity index (χ3v) is 6.46. The SMILES string of the molecule is CO[C@@](C)(Cc1ccc(OCCc2nc(-c3ccccc3)oc2C)nc1)C(=O)N[C@@H](CO)c1ccccc1. The first-order chi connectivity index (χ1) is 18.4. The molecule has 1 amide bonds. The standard InChI is InChI=1S/C30H33N3O5/c1-21-25(32-28(38-21)24-12-8-5-9-13-24)16-17-37-27-15-14-22(19-31-27)18-30(2,36-3)29(35)33-26(20-34)23-10-6-4-7-11-23/h4-15,19,26,34H,16-18,20H2,1-3H3,(H,33,35)/t26-,30-/m0/s1. The van der Waals surface area contributed by atoms with Gasteiger partial charge >= 0.3 is 0 Å². The molecule has 0 saturated carbocycles. The zero-order chi connectivity index (χ0) is 27.0. The predicted octanol–water partition coefficient (Wildman–Crippen LogP) is 4.46. The van der Waals surface area contributed by atoms with Gasteiger partial charge in [-0.25, -0.2) is 9.97 Å². The number of aromatic nitrogens is 2. The minimum atomic E-state index is -1.15. The van der Waals surface area contributed by atoms with Crippen LogP contribution in [-0.4, -0.2) is 46.9 Å². The highest BCUT2D eigenvalue weighted by Gasteiger charge is 2.35. The molecule has 0 radical (unpaired) electrons. The number of ether oxygens (including phenoxy) is 2. The topological polar surface area (TPSA) is 107 Å². The summed E-state index contributed by atoms with van der Waals surface area (Å²) in [5, 5.41) is 12.7. The molecule has 38 heavy (non-hydrogen) atoms. The summed E-state index contributed by atoms with van der Waals surface area (Å²) in [6.07, 6.45) is 2.56. The number of carbonyl (C=O) groups excluding carboxylic acids is 1. The van der Waals surface area contributed by atoms with Gasteiger partial charge in [-0.2, -0.15) is 0 Å². The van der Waals surface area contributed by atoms with E-state index in [4.69, 9.17) is 13.9 Å². The van der Waals surface area contributed by atoms with Crippen molar-refractivity contribution in [3.8, 4) is 17.3 Å². The van der Waals surface area contributed by atoms with Gasteiger partial charge in [-0.3, -0.25) is 4.79 Å². The fourth-order valence-electron chi connectivity index (χ4n) is 4.08. The van der Waals surface area contributed by atoms with Crippen molar-refractivity contribution >= 4 is 5.91 Å². The van der Waals surface area contributed by atoms with Gasteiger partial charge in [0.25, 0.3) is 5.91 Å². The third-order valence-electron chi connectivity index (χ3n) is 6.46. The van der Waals surface area contributed by atoms with E-state index in [2.05, 4.69) is 15.3 Å². The molecule has 0 bridgehead atoms. The van der Waals surface area contributed by atoms with Crippen LogP contribution in [0.1, 0.15) is 35.5 Å². The summed E-state index contributed by atoms with van der Waals surface area (Å²) in [7, 11) is 1.50. The second-order valence-electron chi connectivity index (χ2n) is 9.22. The van der Waals surface area contributed by atoms with E-state index in [1.165, 1.54) is 7.11 Å². The fraction of sp³-hybridized carbons (Fsp3) is 0.300.